The highest BCUT2D eigenvalue weighted by molar-refractivity contribution is 7.89. The number of sulfonamides is 1. The Morgan fingerprint density at radius 2 is 1.51 bits per heavy atom. The summed E-state index contributed by atoms with van der Waals surface area (Å²) in [5.41, 5.74) is -0.876. The number of carbonyl (C=O) groups excluding carboxylic acids is 1. The summed E-state index contributed by atoms with van der Waals surface area (Å²) >= 11 is 5.62. The number of ketones is 1. The van der Waals surface area contributed by atoms with E-state index < -0.39 is 39.2 Å². The number of halogens is 6. The van der Waals surface area contributed by atoms with Gasteiger partial charge in [0, 0.05) is 30.1 Å². The quantitative estimate of drug-likeness (QED) is 0.276. The normalized spacial score (nSPS) is 18.0. The summed E-state index contributed by atoms with van der Waals surface area (Å²) in [6.45, 7) is 0.886. The number of aryl methyl sites for hydroxylation is 1. The molecule has 1 fully saturated rings. The standard InChI is InChI=1S/C24H21ClF5NO3S/c1-15-9-16(3-5-21(15)26)10-18-13-31(35(33,34)8-2-7-25)14-19(23(18)32)11-17-4-6-22(27)20(12-17)24(28,29)30/h3-6,9-12H,2,7-8,13-14H2,1H3/b18-10+,19-11+. The van der Waals surface area contributed by atoms with Crippen molar-refractivity contribution in [1.82, 2.24) is 4.31 Å². The van der Waals surface area contributed by atoms with E-state index in [0.717, 1.165) is 16.4 Å². The summed E-state index contributed by atoms with van der Waals surface area (Å²) in [6, 6.07) is 6.37. The molecule has 0 aliphatic carbocycles. The van der Waals surface area contributed by atoms with Crippen LogP contribution in [0.1, 0.15) is 28.7 Å². The van der Waals surface area contributed by atoms with E-state index in [-0.39, 0.29) is 47.9 Å². The summed E-state index contributed by atoms with van der Waals surface area (Å²) in [5.74, 6) is -2.68. The molecule has 0 atom stereocenters. The Hall–Kier alpha value is -2.56. The third-order valence-corrected chi connectivity index (χ3v) is 7.48. The zero-order valence-corrected chi connectivity index (χ0v) is 20.1. The molecule has 4 nitrogen and oxygen atoms in total. The lowest BCUT2D eigenvalue weighted by molar-refractivity contribution is -0.140. The molecule has 2 aromatic carbocycles. The van der Waals surface area contributed by atoms with E-state index in [1.807, 2.05) is 0 Å². The van der Waals surface area contributed by atoms with Gasteiger partial charge in [0.1, 0.15) is 11.6 Å². The van der Waals surface area contributed by atoms with Crippen molar-refractivity contribution >= 4 is 39.6 Å². The van der Waals surface area contributed by atoms with Crippen molar-refractivity contribution in [2.75, 3.05) is 24.7 Å². The van der Waals surface area contributed by atoms with Crippen molar-refractivity contribution < 1.29 is 35.2 Å². The van der Waals surface area contributed by atoms with Gasteiger partial charge in [-0.1, -0.05) is 12.1 Å². The first-order valence-electron chi connectivity index (χ1n) is 10.4. The molecule has 188 valence electrons. The van der Waals surface area contributed by atoms with Gasteiger partial charge in [0.05, 0.1) is 11.3 Å². The molecule has 0 spiro atoms. The van der Waals surface area contributed by atoms with Gasteiger partial charge in [-0.15, -0.1) is 11.6 Å². The van der Waals surface area contributed by atoms with E-state index in [2.05, 4.69) is 0 Å². The minimum atomic E-state index is -4.95. The highest BCUT2D eigenvalue weighted by atomic mass is 35.5. The van der Waals surface area contributed by atoms with E-state index in [1.54, 1.807) is 0 Å². The van der Waals surface area contributed by atoms with Gasteiger partial charge in [0.25, 0.3) is 0 Å². The van der Waals surface area contributed by atoms with Crippen LogP contribution in [0.5, 0.6) is 0 Å². The van der Waals surface area contributed by atoms with Crippen LogP contribution in [-0.4, -0.2) is 43.2 Å². The van der Waals surface area contributed by atoms with Gasteiger partial charge in [-0.25, -0.2) is 17.2 Å². The molecule has 0 aromatic heterocycles. The van der Waals surface area contributed by atoms with Crippen LogP contribution in [0.2, 0.25) is 0 Å². The van der Waals surface area contributed by atoms with Gasteiger partial charge in [0.2, 0.25) is 10.0 Å². The lowest BCUT2D eigenvalue weighted by Gasteiger charge is -2.29. The van der Waals surface area contributed by atoms with Crippen molar-refractivity contribution in [1.29, 1.82) is 0 Å². The zero-order chi connectivity index (χ0) is 26.0. The summed E-state index contributed by atoms with van der Waals surface area (Å²) in [7, 11) is -3.86. The molecule has 1 saturated heterocycles. The maximum Gasteiger partial charge on any atom is 0.419 e. The smallest absolute Gasteiger partial charge is 0.289 e. The largest absolute Gasteiger partial charge is 0.419 e. The molecule has 0 amide bonds. The molecule has 3 rings (SSSR count). The SMILES string of the molecule is Cc1cc(/C=C2\CN(S(=O)(=O)CCCCl)C/C(=C\c3ccc(F)c(C(F)(F)F)c3)C2=O)ccc1F. The Morgan fingerprint density at radius 1 is 0.971 bits per heavy atom. The number of alkyl halides is 4. The average molecular weight is 534 g/mol. The van der Waals surface area contributed by atoms with Crippen molar-refractivity contribution in [3.63, 3.8) is 0 Å². The molecule has 0 saturated carbocycles. The van der Waals surface area contributed by atoms with Gasteiger partial charge < -0.3 is 0 Å². The number of Topliss-reactive ketones (excluding diaryl/α,β-unsaturated/α-hetero) is 1. The van der Waals surface area contributed by atoms with E-state index in [9.17, 15) is 35.2 Å². The highest BCUT2D eigenvalue weighted by Gasteiger charge is 2.35. The molecule has 1 aliphatic rings. The lowest BCUT2D eigenvalue weighted by atomic mass is 9.95. The number of benzene rings is 2. The maximum atomic E-state index is 13.7. The van der Waals surface area contributed by atoms with Gasteiger partial charge >= 0.3 is 6.18 Å². The van der Waals surface area contributed by atoms with Gasteiger partial charge in [-0.2, -0.15) is 17.5 Å². The van der Waals surface area contributed by atoms with Crippen molar-refractivity contribution in [3.05, 3.63) is 81.4 Å². The number of rotatable bonds is 6. The van der Waals surface area contributed by atoms with Crippen LogP contribution < -0.4 is 0 Å². The molecule has 0 N–H and O–H groups in total. The van der Waals surface area contributed by atoms with E-state index >= 15 is 0 Å². The van der Waals surface area contributed by atoms with Crippen molar-refractivity contribution in [3.8, 4) is 0 Å². The second-order valence-corrected chi connectivity index (χ2v) is 10.5. The van der Waals surface area contributed by atoms with Crippen LogP contribution >= 0.6 is 11.6 Å². The predicted octanol–water partition coefficient (Wildman–Crippen LogP) is 5.60. The second-order valence-electron chi connectivity index (χ2n) is 8.04. The Balaban J connectivity index is 2.08. The number of hydrogen-bond donors (Lipinski definition) is 0. The molecule has 1 heterocycles. The lowest BCUT2D eigenvalue weighted by Crippen LogP contribution is -2.42. The molecule has 0 radical (unpaired) electrons. The fourth-order valence-corrected chi connectivity index (χ4v) is 5.31. The molecule has 0 bridgehead atoms. The maximum absolute atomic E-state index is 13.7. The zero-order valence-electron chi connectivity index (χ0n) is 18.5. The third kappa shape index (κ3) is 6.56. The molecule has 0 unspecified atom stereocenters. The number of carbonyl (C=O) groups is 1. The Labute approximate surface area is 204 Å². The molecule has 2 aromatic rings. The summed E-state index contributed by atoms with van der Waals surface area (Å²) in [6.07, 6.45) is -2.25. The fourth-order valence-electron chi connectivity index (χ4n) is 3.58. The first kappa shape index (κ1) is 27.0. The van der Waals surface area contributed by atoms with Crippen molar-refractivity contribution in [2.24, 2.45) is 0 Å². The van der Waals surface area contributed by atoms with Gasteiger partial charge in [-0.05, 0) is 66.5 Å². The van der Waals surface area contributed by atoms with E-state index in [1.165, 1.54) is 31.2 Å². The number of hydrogen-bond acceptors (Lipinski definition) is 3. The van der Waals surface area contributed by atoms with Gasteiger partial charge in [-0.3, -0.25) is 4.79 Å². The number of nitrogens with zero attached hydrogens (tertiary/aromatic N) is 1. The molecular weight excluding hydrogens is 513 g/mol. The van der Waals surface area contributed by atoms with Crippen LogP contribution in [0.15, 0.2) is 47.5 Å². The Kier molecular flexibility index (Phi) is 8.18. The predicted molar refractivity (Wildman–Crippen MR) is 124 cm³/mol. The highest BCUT2D eigenvalue weighted by Crippen LogP contribution is 2.33. The first-order chi connectivity index (χ1) is 16.3. The van der Waals surface area contributed by atoms with E-state index in [4.69, 9.17) is 11.6 Å². The third-order valence-electron chi connectivity index (χ3n) is 5.37. The second kappa shape index (κ2) is 10.6. The molecule has 1 aliphatic heterocycles. The Bertz CT molecular complexity index is 1300. The fraction of sp³-hybridized carbons (Fsp3) is 0.292. The van der Waals surface area contributed by atoms with Crippen LogP contribution in [0.25, 0.3) is 12.2 Å². The molecule has 11 heteroatoms. The van der Waals surface area contributed by atoms with Crippen LogP contribution in [0.4, 0.5) is 22.0 Å². The van der Waals surface area contributed by atoms with E-state index in [0.29, 0.717) is 23.3 Å². The summed E-state index contributed by atoms with van der Waals surface area (Å²) < 4.78 is 93.4. The average Bonchev–Trinajstić information content (AvgIpc) is 2.77. The molecular formula is C24H21ClF5NO3S. The van der Waals surface area contributed by atoms with Crippen LogP contribution in [-0.2, 0) is 21.0 Å². The first-order valence-corrected chi connectivity index (χ1v) is 12.6. The summed E-state index contributed by atoms with van der Waals surface area (Å²) in [4.78, 5) is 13.2. The summed E-state index contributed by atoms with van der Waals surface area (Å²) in [5, 5.41) is 0. The minimum Gasteiger partial charge on any atom is -0.289 e. The van der Waals surface area contributed by atoms with Gasteiger partial charge in [0.15, 0.2) is 5.78 Å². The minimum absolute atomic E-state index is 0.0566. The topological polar surface area (TPSA) is 54.5 Å². The van der Waals surface area contributed by atoms with Crippen LogP contribution in [0.3, 0.4) is 0 Å². The van der Waals surface area contributed by atoms with Crippen molar-refractivity contribution in [2.45, 2.75) is 19.5 Å². The monoisotopic (exact) mass is 533 g/mol. The Morgan fingerprint density at radius 3 is 2.03 bits per heavy atom. The number of piperidine rings is 1. The van der Waals surface area contributed by atoms with Crippen LogP contribution in [0, 0.1) is 18.6 Å². The molecule has 35 heavy (non-hydrogen) atoms.